The number of nitrogens with zero attached hydrogens (tertiary/aromatic N) is 1. The van der Waals surface area contributed by atoms with Gasteiger partial charge in [0.1, 0.15) is 6.04 Å². The summed E-state index contributed by atoms with van der Waals surface area (Å²) in [6.45, 7) is 1.21. The van der Waals surface area contributed by atoms with Crippen LogP contribution in [0.15, 0.2) is 29.2 Å². The average Bonchev–Trinajstić information content (AvgIpc) is 2.92. The third kappa shape index (κ3) is 2.63. The third-order valence-electron chi connectivity index (χ3n) is 3.82. The number of hydrogen-bond donors (Lipinski definition) is 2. The normalized spacial score (nSPS) is 30.5. The number of β-amino-alcohol motifs (C(OH)–C–C–N with tert-alkyl or cyclic N) is 1. The quantitative estimate of drug-likeness (QED) is 0.871. The average molecular weight is 279 g/mol. The molecule has 3 unspecified atom stereocenters. The third-order valence-corrected chi connectivity index (χ3v) is 5.12. The van der Waals surface area contributed by atoms with Gasteiger partial charge in [-0.3, -0.25) is 9.69 Å². The van der Waals surface area contributed by atoms with E-state index in [1.165, 1.54) is 10.5 Å². The Hall–Kier alpha value is -1.04. The number of carboxylic acids is 1. The smallest absolute Gasteiger partial charge is 0.321 e. The molecular weight excluding hydrogens is 262 g/mol. The number of thioether (sulfide) groups is 1. The molecule has 5 heteroatoms. The van der Waals surface area contributed by atoms with Crippen LogP contribution in [0, 0.1) is 0 Å². The number of aliphatic carboxylic acids is 1. The fourth-order valence-electron chi connectivity index (χ4n) is 2.96. The highest BCUT2D eigenvalue weighted by molar-refractivity contribution is 8.00. The molecule has 2 aliphatic heterocycles. The number of rotatable bonds is 3. The maximum absolute atomic E-state index is 11.2. The second kappa shape index (κ2) is 5.15. The first-order chi connectivity index (χ1) is 9.13. The first kappa shape index (κ1) is 13.0. The highest BCUT2D eigenvalue weighted by atomic mass is 32.2. The van der Waals surface area contributed by atoms with Crippen LogP contribution < -0.4 is 0 Å². The number of fused-ring (bicyclic) bond motifs is 1. The van der Waals surface area contributed by atoms with Crippen molar-refractivity contribution in [3.05, 3.63) is 29.8 Å². The van der Waals surface area contributed by atoms with E-state index in [1.807, 2.05) is 28.8 Å². The Labute approximate surface area is 116 Å². The van der Waals surface area contributed by atoms with Gasteiger partial charge in [0.05, 0.1) is 6.10 Å². The topological polar surface area (TPSA) is 60.8 Å². The Morgan fingerprint density at radius 3 is 2.95 bits per heavy atom. The summed E-state index contributed by atoms with van der Waals surface area (Å²) in [6, 6.07) is 7.80. The summed E-state index contributed by atoms with van der Waals surface area (Å²) in [6.07, 6.45) is 0.828. The van der Waals surface area contributed by atoms with Crippen LogP contribution in [-0.4, -0.2) is 51.6 Å². The lowest BCUT2D eigenvalue weighted by Gasteiger charge is -2.23. The van der Waals surface area contributed by atoms with E-state index in [4.69, 9.17) is 0 Å². The van der Waals surface area contributed by atoms with Crippen molar-refractivity contribution in [1.29, 1.82) is 0 Å². The predicted molar refractivity (Wildman–Crippen MR) is 73.4 cm³/mol. The molecule has 0 spiro atoms. The molecule has 0 aromatic heterocycles. The summed E-state index contributed by atoms with van der Waals surface area (Å²) < 4.78 is 0. The maximum Gasteiger partial charge on any atom is 0.321 e. The molecule has 0 radical (unpaired) electrons. The van der Waals surface area contributed by atoms with Gasteiger partial charge in [-0.05, 0) is 18.1 Å². The Kier molecular flexibility index (Phi) is 3.52. The summed E-state index contributed by atoms with van der Waals surface area (Å²) in [5.41, 5.74) is 1.35. The van der Waals surface area contributed by atoms with Gasteiger partial charge in [-0.25, -0.2) is 0 Å². The van der Waals surface area contributed by atoms with Crippen molar-refractivity contribution in [3.63, 3.8) is 0 Å². The van der Waals surface area contributed by atoms with Crippen molar-refractivity contribution >= 4 is 17.7 Å². The second-order valence-corrected chi connectivity index (χ2v) is 6.59. The fourth-order valence-corrected chi connectivity index (χ4v) is 4.30. The fraction of sp³-hybridized carbons (Fsp3) is 0.500. The molecule has 1 fully saturated rings. The number of carboxylic acid groups (broad SMARTS) is 1. The molecule has 102 valence electrons. The molecule has 2 N–H and O–H groups in total. The van der Waals surface area contributed by atoms with Gasteiger partial charge in [-0.2, -0.15) is 0 Å². The lowest BCUT2D eigenvalue weighted by molar-refractivity contribution is -0.142. The summed E-state index contributed by atoms with van der Waals surface area (Å²) in [5.74, 6) is -0.822. The van der Waals surface area contributed by atoms with Gasteiger partial charge in [-0.1, -0.05) is 18.2 Å². The van der Waals surface area contributed by atoms with Gasteiger partial charge in [0.25, 0.3) is 0 Å². The van der Waals surface area contributed by atoms with E-state index in [9.17, 15) is 15.0 Å². The van der Waals surface area contributed by atoms with Crippen LogP contribution >= 0.6 is 11.8 Å². The minimum Gasteiger partial charge on any atom is -0.480 e. The van der Waals surface area contributed by atoms with E-state index in [0.717, 1.165) is 13.0 Å². The summed E-state index contributed by atoms with van der Waals surface area (Å²) in [4.78, 5) is 14.4. The molecule has 2 heterocycles. The van der Waals surface area contributed by atoms with Gasteiger partial charge in [0, 0.05) is 29.7 Å². The highest BCUT2D eigenvalue weighted by Crippen LogP contribution is 2.37. The molecule has 4 nitrogen and oxygen atoms in total. The first-order valence-electron chi connectivity index (χ1n) is 6.53. The van der Waals surface area contributed by atoms with E-state index in [-0.39, 0.29) is 0 Å². The highest BCUT2D eigenvalue weighted by Gasteiger charge is 2.37. The van der Waals surface area contributed by atoms with Crippen molar-refractivity contribution in [2.75, 3.05) is 13.1 Å². The number of aliphatic hydroxyl groups is 1. The Morgan fingerprint density at radius 1 is 1.42 bits per heavy atom. The summed E-state index contributed by atoms with van der Waals surface area (Å²) >= 11 is 1.82. The van der Waals surface area contributed by atoms with Crippen LogP contribution in [0.5, 0.6) is 0 Å². The number of aliphatic hydroxyl groups excluding tert-OH is 1. The van der Waals surface area contributed by atoms with Gasteiger partial charge >= 0.3 is 5.97 Å². The largest absolute Gasteiger partial charge is 0.480 e. The number of benzene rings is 1. The number of carbonyl (C=O) groups is 1. The monoisotopic (exact) mass is 279 g/mol. The van der Waals surface area contributed by atoms with Crippen molar-refractivity contribution in [3.8, 4) is 0 Å². The molecular formula is C14H17NO3S. The zero-order valence-electron chi connectivity index (χ0n) is 10.5. The standard InChI is InChI=1S/C14H17NO3S/c16-10-6-12(14(17)18)15(7-10)8-11-5-9-3-1-2-4-13(9)19-11/h1-4,10-12,16H,5-8H2,(H,17,18). The van der Waals surface area contributed by atoms with Crippen molar-refractivity contribution in [2.24, 2.45) is 0 Å². The van der Waals surface area contributed by atoms with E-state index in [1.54, 1.807) is 0 Å². The van der Waals surface area contributed by atoms with Gasteiger partial charge in [0.2, 0.25) is 0 Å². The molecule has 0 bridgehead atoms. The molecule has 0 saturated carbocycles. The van der Waals surface area contributed by atoms with E-state index in [2.05, 4.69) is 12.1 Å². The minimum absolute atomic E-state index is 0.347. The first-order valence-corrected chi connectivity index (χ1v) is 7.41. The van der Waals surface area contributed by atoms with E-state index >= 15 is 0 Å². The number of likely N-dealkylation sites (tertiary alicyclic amines) is 1. The van der Waals surface area contributed by atoms with Gasteiger partial charge < -0.3 is 10.2 Å². The van der Waals surface area contributed by atoms with Crippen LogP contribution in [0.4, 0.5) is 0 Å². The number of hydrogen-bond acceptors (Lipinski definition) is 4. The SMILES string of the molecule is O=C(O)C1CC(O)CN1CC1Cc2ccccc2S1. The molecule has 19 heavy (non-hydrogen) atoms. The van der Waals surface area contributed by atoms with Crippen molar-refractivity contribution < 1.29 is 15.0 Å². The van der Waals surface area contributed by atoms with Crippen molar-refractivity contribution in [2.45, 2.75) is 35.1 Å². The Balaban J connectivity index is 1.65. The molecule has 1 saturated heterocycles. The molecule has 1 aromatic carbocycles. The van der Waals surface area contributed by atoms with Crippen LogP contribution in [0.3, 0.4) is 0 Å². The lowest BCUT2D eigenvalue weighted by atomic mass is 10.1. The summed E-state index contributed by atoms with van der Waals surface area (Å²) in [7, 11) is 0. The van der Waals surface area contributed by atoms with Gasteiger partial charge in [0.15, 0.2) is 0 Å². The van der Waals surface area contributed by atoms with E-state index < -0.39 is 18.1 Å². The zero-order valence-corrected chi connectivity index (χ0v) is 11.3. The molecule has 1 aromatic rings. The zero-order chi connectivity index (χ0) is 13.4. The lowest BCUT2D eigenvalue weighted by Crippen LogP contribution is -2.40. The molecule has 0 aliphatic carbocycles. The minimum atomic E-state index is -0.822. The Morgan fingerprint density at radius 2 is 2.21 bits per heavy atom. The maximum atomic E-state index is 11.2. The van der Waals surface area contributed by atoms with E-state index in [0.29, 0.717) is 18.2 Å². The molecule has 3 rings (SSSR count). The van der Waals surface area contributed by atoms with Crippen LogP contribution in [-0.2, 0) is 11.2 Å². The summed E-state index contributed by atoms with van der Waals surface area (Å²) in [5, 5.41) is 19.2. The van der Waals surface area contributed by atoms with Crippen molar-refractivity contribution in [1.82, 2.24) is 4.90 Å². The Bertz CT molecular complexity index is 468. The van der Waals surface area contributed by atoms with Crippen LogP contribution in [0.1, 0.15) is 12.0 Å². The predicted octanol–water partition coefficient (Wildman–Crippen LogP) is 1.22. The van der Waals surface area contributed by atoms with Gasteiger partial charge in [-0.15, -0.1) is 11.8 Å². The molecule has 0 amide bonds. The second-order valence-electron chi connectivity index (χ2n) is 5.25. The molecule has 2 aliphatic rings. The molecule has 3 atom stereocenters. The van der Waals surface area contributed by atoms with Crippen LogP contribution in [0.2, 0.25) is 0 Å². The van der Waals surface area contributed by atoms with Crippen LogP contribution in [0.25, 0.3) is 0 Å².